The Morgan fingerprint density at radius 3 is 2.70 bits per heavy atom. The Bertz CT molecular complexity index is 750. The molecule has 23 heavy (non-hydrogen) atoms. The van der Waals surface area contributed by atoms with Gasteiger partial charge in [-0.2, -0.15) is 0 Å². The number of fused-ring (bicyclic) bond motifs is 1. The molecule has 0 saturated carbocycles. The zero-order valence-corrected chi connectivity index (χ0v) is 13.7. The topological polar surface area (TPSA) is 20.3 Å². The highest BCUT2D eigenvalue weighted by Crippen LogP contribution is 2.35. The number of halogens is 2. The smallest absolute Gasteiger partial charge is 0.240 e. The molecule has 1 aliphatic rings. The number of carbonyl (C=O) groups is 1. The Balaban J connectivity index is 1.78. The van der Waals surface area contributed by atoms with E-state index in [-0.39, 0.29) is 17.2 Å². The second-order valence-corrected chi connectivity index (χ2v) is 7.14. The quantitative estimate of drug-likeness (QED) is 0.775. The number of amides is 1. The van der Waals surface area contributed by atoms with Gasteiger partial charge in [-0.25, -0.2) is 8.78 Å². The fourth-order valence-corrected chi connectivity index (χ4v) is 3.84. The first-order chi connectivity index (χ1) is 11.0. The summed E-state index contributed by atoms with van der Waals surface area (Å²) < 4.78 is 26.3. The first-order valence-corrected chi connectivity index (χ1v) is 8.38. The summed E-state index contributed by atoms with van der Waals surface area (Å²) in [7, 11) is 0. The number of para-hydroxylation sites is 1. The third-order valence-electron chi connectivity index (χ3n) is 4.00. The fourth-order valence-electron chi connectivity index (χ4n) is 2.90. The molecular weight excluding hydrogens is 316 g/mol. The lowest BCUT2D eigenvalue weighted by Gasteiger charge is -2.25. The SMILES string of the molecule is C[C@@H]1Cc2ccccc2N1C(=O)[C@@H](C)Sc1ccc(F)c(F)c1. The van der Waals surface area contributed by atoms with Crippen LogP contribution in [-0.4, -0.2) is 17.2 Å². The van der Waals surface area contributed by atoms with Crippen LogP contribution < -0.4 is 4.90 Å². The monoisotopic (exact) mass is 333 g/mol. The van der Waals surface area contributed by atoms with Crippen LogP contribution in [0.2, 0.25) is 0 Å². The van der Waals surface area contributed by atoms with Gasteiger partial charge in [0, 0.05) is 16.6 Å². The van der Waals surface area contributed by atoms with E-state index in [2.05, 4.69) is 0 Å². The van der Waals surface area contributed by atoms with Crippen LogP contribution in [0.1, 0.15) is 19.4 Å². The van der Waals surface area contributed by atoms with Gasteiger partial charge < -0.3 is 4.90 Å². The first-order valence-electron chi connectivity index (χ1n) is 7.50. The van der Waals surface area contributed by atoms with Crippen molar-refractivity contribution in [3.05, 3.63) is 59.7 Å². The van der Waals surface area contributed by atoms with Crippen LogP contribution >= 0.6 is 11.8 Å². The van der Waals surface area contributed by atoms with Crippen LogP contribution in [0.25, 0.3) is 0 Å². The summed E-state index contributed by atoms with van der Waals surface area (Å²) in [6.07, 6.45) is 0.838. The Labute approximate surface area is 138 Å². The van der Waals surface area contributed by atoms with Gasteiger partial charge in [0.05, 0.1) is 5.25 Å². The molecule has 1 aliphatic heterocycles. The van der Waals surface area contributed by atoms with Crippen molar-refractivity contribution in [1.82, 2.24) is 0 Å². The van der Waals surface area contributed by atoms with E-state index in [4.69, 9.17) is 0 Å². The van der Waals surface area contributed by atoms with Crippen molar-refractivity contribution in [2.45, 2.75) is 36.5 Å². The summed E-state index contributed by atoms with van der Waals surface area (Å²) in [4.78, 5) is 15.2. The van der Waals surface area contributed by atoms with Crippen molar-refractivity contribution in [3.63, 3.8) is 0 Å². The number of carbonyl (C=O) groups excluding carboxylic acids is 1. The summed E-state index contributed by atoms with van der Waals surface area (Å²) in [6, 6.07) is 11.7. The van der Waals surface area contributed by atoms with Gasteiger partial charge in [0.2, 0.25) is 5.91 Å². The molecule has 0 aliphatic carbocycles. The molecule has 0 unspecified atom stereocenters. The van der Waals surface area contributed by atoms with E-state index < -0.39 is 11.6 Å². The maximum Gasteiger partial charge on any atom is 0.240 e. The maximum absolute atomic E-state index is 13.3. The van der Waals surface area contributed by atoms with Gasteiger partial charge in [-0.15, -0.1) is 11.8 Å². The minimum absolute atomic E-state index is 0.0165. The summed E-state index contributed by atoms with van der Waals surface area (Å²) in [5.41, 5.74) is 2.11. The lowest BCUT2D eigenvalue weighted by atomic mass is 10.1. The average Bonchev–Trinajstić information content (AvgIpc) is 2.86. The normalized spacial score (nSPS) is 17.9. The number of rotatable bonds is 3. The molecule has 0 radical (unpaired) electrons. The third kappa shape index (κ3) is 3.11. The van der Waals surface area contributed by atoms with Crippen LogP contribution in [0.15, 0.2) is 47.4 Å². The molecule has 2 aromatic rings. The molecule has 1 amide bonds. The maximum atomic E-state index is 13.3. The molecule has 0 bridgehead atoms. The van der Waals surface area contributed by atoms with E-state index in [1.165, 1.54) is 23.4 Å². The van der Waals surface area contributed by atoms with Crippen molar-refractivity contribution in [2.24, 2.45) is 0 Å². The van der Waals surface area contributed by atoms with Crippen LogP contribution in [0, 0.1) is 11.6 Å². The minimum Gasteiger partial charge on any atom is -0.308 e. The van der Waals surface area contributed by atoms with Crippen molar-refractivity contribution in [1.29, 1.82) is 0 Å². The highest BCUT2D eigenvalue weighted by atomic mass is 32.2. The molecule has 5 heteroatoms. The summed E-state index contributed by atoms with van der Waals surface area (Å²) in [5, 5.41) is -0.381. The number of nitrogens with zero attached hydrogens (tertiary/aromatic N) is 1. The molecule has 0 spiro atoms. The van der Waals surface area contributed by atoms with Crippen LogP contribution in [0.3, 0.4) is 0 Å². The zero-order valence-electron chi connectivity index (χ0n) is 12.9. The average molecular weight is 333 g/mol. The Morgan fingerprint density at radius 2 is 1.96 bits per heavy atom. The second kappa shape index (κ2) is 6.32. The van der Waals surface area contributed by atoms with E-state index in [1.54, 1.807) is 6.92 Å². The lowest BCUT2D eigenvalue weighted by Crippen LogP contribution is -2.40. The summed E-state index contributed by atoms with van der Waals surface area (Å²) >= 11 is 1.24. The van der Waals surface area contributed by atoms with Crippen LogP contribution in [-0.2, 0) is 11.2 Å². The van der Waals surface area contributed by atoms with E-state index in [0.717, 1.165) is 24.2 Å². The predicted molar refractivity (Wildman–Crippen MR) is 88.8 cm³/mol. The minimum atomic E-state index is -0.894. The highest BCUT2D eigenvalue weighted by molar-refractivity contribution is 8.00. The van der Waals surface area contributed by atoms with Gasteiger partial charge >= 0.3 is 0 Å². The molecule has 2 aromatic carbocycles. The van der Waals surface area contributed by atoms with Gasteiger partial charge in [-0.3, -0.25) is 4.79 Å². The molecule has 0 N–H and O–H groups in total. The van der Waals surface area contributed by atoms with E-state index in [1.807, 2.05) is 36.1 Å². The fraction of sp³-hybridized carbons (Fsp3) is 0.278. The molecule has 2 atom stereocenters. The zero-order chi connectivity index (χ0) is 16.6. The number of hydrogen-bond acceptors (Lipinski definition) is 2. The van der Waals surface area contributed by atoms with Gasteiger partial charge in [0.25, 0.3) is 0 Å². The van der Waals surface area contributed by atoms with E-state index >= 15 is 0 Å². The molecule has 2 nitrogen and oxygen atoms in total. The third-order valence-corrected chi connectivity index (χ3v) is 5.08. The molecule has 3 rings (SSSR count). The second-order valence-electron chi connectivity index (χ2n) is 5.73. The first kappa shape index (κ1) is 16.0. The van der Waals surface area contributed by atoms with Gasteiger partial charge in [0.15, 0.2) is 11.6 Å². The van der Waals surface area contributed by atoms with Crippen molar-refractivity contribution < 1.29 is 13.6 Å². The van der Waals surface area contributed by atoms with Crippen molar-refractivity contribution in [2.75, 3.05) is 4.90 Å². The molecular formula is C18H17F2NOS. The number of anilines is 1. The largest absolute Gasteiger partial charge is 0.308 e. The molecule has 1 heterocycles. The predicted octanol–water partition coefficient (Wildman–Crippen LogP) is 4.42. The van der Waals surface area contributed by atoms with E-state index in [0.29, 0.717) is 4.90 Å². The number of thioether (sulfide) groups is 1. The van der Waals surface area contributed by atoms with Crippen LogP contribution in [0.5, 0.6) is 0 Å². The molecule has 0 aromatic heterocycles. The Hall–Kier alpha value is -1.88. The van der Waals surface area contributed by atoms with Gasteiger partial charge in [0.1, 0.15) is 0 Å². The Kier molecular flexibility index (Phi) is 4.39. The van der Waals surface area contributed by atoms with Gasteiger partial charge in [-0.1, -0.05) is 18.2 Å². The summed E-state index contributed by atoms with van der Waals surface area (Å²) in [5.74, 6) is -1.79. The van der Waals surface area contributed by atoms with Crippen molar-refractivity contribution >= 4 is 23.4 Å². The van der Waals surface area contributed by atoms with Gasteiger partial charge in [-0.05, 0) is 50.1 Å². The van der Waals surface area contributed by atoms with Crippen LogP contribution in [0.4, 0.5) is 14.5 Å². The van der Waals surface area contributed by atoms with E-state index in [9.17, 15) is 13.6 Å². The van der Waals surface area contributed by atoms with Crippen molar-refractivity contribution in [3.8, 4) is 0 Å². The number of hydrogen-bond donors (Lipinski definition) is 0. The molecule has 0 fully saturated rings. The summed E-state index contributed by atoms with van der Waals surface area (Å²) in [6.45, 7) is 3.81. The molecule has 0 saturated heterocycles. The molecule has 120 valence electrons. The Morgan fingerprint density at radius 1 is 1.22 bits per heavy atom. The highest BCUT2D eigenvalue weighted by Gasteiger charge is 2.33. The lowest BCUT2D eigenvalue weighted by molar-refractivity contribution is -0.118. The number of benzene rings is 2. The standard InChI is InChI=1S/C18H17F2NOS/c1-11-9-13-5-3-4-6-17(13)21(11)18(22)12(2)23-14-7-8-15(19)16(20)10-14/h3-8,10-12H,9H2,1-2H3/t11-,12-/m1/s1.